The minimum Gasteiger partial charge on any atom is -0.393 e. The van der Waals surface area contributed by atoms with Gasteiger partial charge in [-0.2, -0.15) is 0 Å². The van der Waals surface area contributed by atoms with Crippen molar-refractivity contribution in [2.45, 2.75) is 50.8 Å². The molecule has 1 aliphatic carbocycles. The molecule has 1 spiro atoms. The van der Waals surface area contributed by atoms with Crippen molar-refractivity contribution < 1.29 is 14.6 Å². The fourth-order valence-corrected chi connectivity index (χ4v) is 1.89. The first-order chi connectivity index (χ1) is 5.20. The molecule has 2 aliphatic rings. The topological polar surface area (TPSA) is 38.7 Å². The normalized spacial score (nSPS) is 50.7. The Hall–Kier alpha value is -0.120. The zero-order valence-electron chi connectivity index (χ0n) is 6.75. The number of hydrogen-bond acceptors (Lipinski definition) is 3. The summed E-state index contributed by atoms with van der Waals surface area (Å²) in [5.74, 6) is -0.307. The van der Waals surface area contributed by atoms with Gasteiger partial charge < -0.3 is 14.6 Å². The van der Waals surface area contributed by atoms with Gasteiger partial charge in [0.1, 0.15) is 0 Å². The molecule has 1 aliphatic heterocycles. The summed E-state index contributed by atoms with van der Waals surface area (Å²) in [7, 11) is 0. The quantitative estimate of drug-likeness (QED) is 0.571. The largest absolute Gasteiger partial charge is 0.393 e. The smallest absolute Gasteiger partial charge is 0.174 e. The van der Waals surface area contributed by atoms with Gasteiger partial charge in [-0.25, -0.2) is 0 Å². The third kappa shape index (κ3) is 1.28. The van der Waals surface area contributed by atoms with Crippen LogP contribution in [0.25, 0.3) is 0 Å². The lowest BCUT2D eigenvalue weighted by Gasteiger charge is -2.49. The van der Waals surface area contributed by atoms with E-state index in [0.29, 0.717) is 0 Å². The molecule has 0 aromatic heterocycles. The van der Waals surface area contributed by atoms with Crippen LogP contribution in [-0.2, 0) is 9.47 Å². The third-order valence-corrected chi connectivity index (χ3v) is 2.48. The maximum absolute atomic E-state index is 9.22. The van der Waals surface area contributed by atoms with E-state index in [0.717, 1.165) is 25.7 Å². The molecule has 0 radical (unpaired) electrons. The van der Waals surface area contributed by atoms with Crippen molar-refractivity contribution in [3.05, 3.63) is 0 Å². The summed E-state index contributed by atoms with van der Waals surface area (Å²) in [6.45, 7) is 1.90. The highest BCUT2D eigenvalue weighted by atomic mass is 16.9. The van der Waals surface area contributed by atoms with Gasteiger partial charge in [0.2, 0.25) is 0 Å². The highest BCUT2D eigenvalue weighted by Crippen LogP contribution is 2.41. The van der Waals surface area contributed by atoms with E-state index in [2.05, 4.69) is 0 Å². The molecule has 0 aromatic rings. The molecule has 2 fully saturated rings. The van der Waals surface area contributed by atoms with Crippen LogP contribution in [0.1, 0.15) is 32.6 Å². The van der Waals surface area contributed by atoms with Crippen molar-refractivity contribution in [1.29, 1.82) is 0 Å². The Kier molecular flexibility index (Phi) is 1.67. The second kappa shape index (κ2) is 2.44. The fraction of sp³-hybridized carbons (Fsp3) is 1.00. The van der Waals surface area contributed by atoms with Gasteiger partial charge >= 0.3 is 0 Å². The van der Waals surface area contributed by atoms with Crippen LogP contribution in [0.5, 0.6) is 0 Å². The number of rotatable bonds is 0. The van der Waals surface area contributed by atoms with Gasteiger partial charge in [0.25, 0.3) is 0 Å². The molecule has 1 saturated heterocycles. The minimum absolute atomic E-state index is 0.0368. The first-order valence-corrected chi connectivity index (χ1v) is 4.24. The molecule has 3 nitrogen and oxygen atoms in total. The van der Waals surface area contributed by atoms with E-state index in [-0.39, 0.29) is 18.2 Å². The lowest BCUT2D eigenvalue weighted by Crippen LogP contribution is -2.54. The Labute approximate surface area is 66.3 Å². The molecule has 0 bridgehead atoms. The highest BCUT2D eigenvalue weighted by Gasteiger charge is 2.46. The van der Waals surface area contributed by atoms with Gasteiger partial charge in [-0.05, 0) is 19.8 Å². The van der Waals surface area contributed by atoms with E-state index >= 15 is 0 Å². The van der Waals surface area contributed by atoms with Crippen molar-refractivity contribution in [2.75, 3.05) is 0 Å². The van der Waals surface area contributed by atoms with Gasteiger partial charge in [-0.3, -0.25) is 0 Å². The molecule has 11 heavy (non-hydrogen) atoms. The summed E-state index contributed by atoms with van der Waals surface area (Å²) in [4.78, 5) is 0. The van der Waals surface area contributed by atoms with E-state index < -0.39 is 0 Å². The van der Waals surface area contributed by atoms with Gasteiger partial charge in [0.15, 0.2) is 12.1 Å². The molecule has 2 rings (SSSR count). The molecule has 1 N–H and O–H groups in total. The van der Waals surface area contributed by atoms with Crippen molar-refractivity contribution in [1.82, 2.24) is 0 Å². The van der Waals surface area contributed by atoms with Gasteiger partial charge in [-0.1, -0.05) is 0 Å². The second-order valence-electron chi connectivity index (χ2n) is 3.45. The molecule has 1 saturated carbocycles. The summed E-state index contributed by atoms with van der Waals surface area (Å²) in [6, 6.07) is 0. The van der Waals surface area contributed by atoms with Crippen molar-refractivity contribution in [3.8, 4) is 0 Å². The van der Waals surface area contributed by atoms with Crippen molar-refractivity contribution >= 4 is 0 Å². The monoisotopic (exact) mass is 158 g/mol. The summed E-state index contributed by atoms with van der Waals surface area (Å²) in [5, 5.41) is 9.22. The minimum atomic E-state index is -0.307. The van der Waals surface area contributed by atoms with Crippen molar-refractivity contribution in [2.24, 2.45) is 0 Å². The predicted octanol–water partition coefficient (Wildman–Crippen LogP) is 1.01. The maximum Gasteiger partial charge on any atom is 0.174 e. The SMILES string of the molecule is CC1OC2(CCC(O)CC2)O1. The zero-order valence-corrected chi connectivity index (χ0v) is 6.75. The summed E-state index contributed by atoms with van der Waals surface area (Å²) < 4.78 is 11.0. The lowest BCUT2D eigenvalue weighted by atomic mass is 9.91. The fourth-order valence-electron chi connectivity index (χ4n) is 1.89. The van der Waals surface area contributed by atoms with Crippen LogP contribution in [0.4, 0.5) is 0 Å². The first-order valence-electron chi connectivity index (χ1n) is 4.24. The second-order valence-corrected chi connectivity index (χ2v) is 3.45. The summed E-state index contributed by atoms with van der Waals surface area (Å²) in [6.07, 6.45) is 3.14. The summed E-state index contributed by atoms with van der Waals surface area (Å²) >= 11 is 0. The van der Waals surface area contributed by atoms with Crippen LogP contribution in [0, 0.1) is 0 Å². The molecule has 0 aromatic carbocycles. The molecule has 0 unspecified atom stereocenters. The first kappa shape index (κ1) is 7.53. The maximum atomic E-state index is 9.22. The molecule has 0 atom stereocenters. The Morgan fingerprint density at radius 3 is 2.27 bits per heavy atom. The van der Waals surface area contributed by atoms with E-state index in [9.17, 15) is 5.11 Å². The van der Waals surface area contributed by atoms with E-state index in [1.54, 1.807) is 0 Å². The Morgan fingerprint density at radius 2 is 1.82 bits per heavy atom. The Bertz CT molecular complexity index is 141. The zero-order chi connectivity index (χ0) is 7.90. The number of hydrogen-bond donors (Lipinski definition) is 1. The van der Waals surface area contributed by atoms with Crippen LogP contribution in [-0.4, -0.2) is 23.3 Å². The van der Waals surface area contributed by atoms with Crippen LogP contribution in [0.2, 0.25) is 0 Å². The van der Waals surface area contributed by atoms with E-state index in [1.807, 2.05) is 6.92 Å². The van der Waals surface area contributed by atoms with E-state index in [1.165, 1.54) is 0 Å². The molecular formula is C8H14O3. The van der Waals surface area contributed by atoms with Gasteiger partial charge in [0.05, 0.1) is 6.10 Å². The molecule has 0 amide bonds. The van der Waals surface area contributed by atoms with Gasteiger partial charge in [-0.15, -0.1) is 0 Å². The summed E-state index contributed by atoms with van der Waals surface area (Å²) in [5.41, 5.74) is 0. The number of ether oxygens (including phenoxy) is 2. The Morgan fingerprint density at radius 1 is 1.27 bits per heavy atom. The van der Waals surface area contributed by atoms with E-state index in [4.69, 9.17) is 9.47 Å². The van der Waals surface area contributed by atoms with Crippen LogP contribution >= 0.6 is 0 Å². The van der Waals surface area contributed by atoms with Crippen LogP contribution in [0.15, 0.2) is 0 Å². The lowest BCUT2D eigenvalue weighted by molar-refractivity contribution is -0.454. The van der Waals surface area contributed by atoms with Gasteiger partial charge in [0, 0.05) is 12.8 Å². The number of aliphatic hydroxyl groups is 1. The Balaban J connectivity index is 1.88. The standard InChI is InChI=1S/C8H14O3/c1-6-10-8(11-6)4-2-7(9)3-5-8/h6-7,9H,2-5H2,1H3. The van der Waals surface area contributed by atoms with Crippen LogP contribution < -0.4 is 0 Å². The average Bonchev–Trinajstić information content (AvgIpc) is 1.92. The average molecular weight is 158 g/mol. The van der Waals surface area contributed by atoms with Crippen molar-refractivity contribution in [3.63, 3.8) is 0 Å². The molecule has 64 valence electrons. The number of aliphatic hydroxyl groups excluding tert-OH is 1. The van der Waals surface area contributed by atoms with Crippen LogP contribution in [0.3, 0.4) is 0 Å². The molecule has 1 heterocycles. The third-order valence-electron chi connectivity index (χ3n) is 2.48. The predicted molar refractivity (Wildman–Crippen MR) is 38.8 cm³/mol. The molecular weight excluding hydrogens is 144 g/mol. The molecule has 3 heteroatoms. The highest BCUT2D eigenvalue weighted by molar-refractivity contribution is 4.84.